The summed E-state index contributed by atoms with van der Waals surface area (Å²) >= 11 is 5.15. The first-order valence-electron chi connectivity index (χ1n) is 3.16. The van der Waals surface area contributed by atoms with Crippen molar-refractivity contribution in [3.05, 3.63) is 0 Å². The van der Waals surface area contributed by atoms with Gasteiger partial charge in [0.1, 0.15) is 5.88 Å². The molecule has 0 aromatic heterocycles. The van der Waals surface area contributed by atoms with Crippen molar-refractivity contribution >= 4 is 23.5 Å². The molecule has 1 saturated heterocycles. The van der Waals surface area contributed by atoms with E-state index in [0.29, 0.717) is 13.0 Å². The molecule has 1 fully saturated rings. The van der Waals surface area contributed by atoms with Gasteiger partial charge < -0.3 is 9.47 Å². The van der Waals surface area contributed by atoms with Gasteiger partial charge in [-0.15, -0.1) is 11.6 Å². The number of ether oxygens (including phenoxy) is 2. The van der Waals surface area contributed by atoms with Crippen LogP contribution in [0.5, 0.6) is 0 Å². The molecule has 0 spiro atoms. The lowest BCUT2D eigenvalue weighted by atomic mass is 10.3. The van der Waals surface area contributed by atoms with Gasteiger partial charge in [-0.1, -0.05) is 0 Å². The smallest absolute Gasteiger partial charge is 0.347 e. The van der Waals surface area contributed by atoms with Crippen molar-refractivity contribution in [2.45, 2.75) is 12.5 Å². The second-order valence-corrected chi connectivity index (χ2v) is 2.34. The van der Waals surface area contributed by atoms with E-state index < -0.39 is 18.0 Å². The molecule has 5 heteroatoms. The van der Waals surface area contributed by atoms with Crippen LogP contribution < -0.4 is 0 Å². The fraction of sp³-hybridized carbons (Fsp3) is 0.667. The van der Waals surface area contributed by atoms with E-state index in [-0.39, 0.29) is 5.88 Å². The molecule has 0 aromatic rings. The normalized spacial score (nSPS) is 23.0. The third kappa shape index (κ3) is 2.08. The van der Waals surface area contributed by atoms with Crippen LogP contribution in [-0.2, 0) is 19.1 Å². The van der Waals surface area contributed by atoms with Crippen LogP contribution in [0.1, 0.15) is 6.42 Å². The molecule has 0 radical (unpaired) electrons. The molecule has 1 aliphatic rings. The molecule has 0 saturated carbocycles. The summed E-state index contributed by atoms with van der Waals surface area (Å²) in [7, 11) is 0. The van der Waals surface area contributed by atoms with Crippen molar-refractivity contribution < 1.29 is 19.1 Å². The van der Waals surface area contributed by atoms with E-state index in [2.05, 4.69) is 9.47 Å². The molecule has 0 bridgehead atoms. The van der Waals surface area contributed by atoms with Crippen LogP contribution in [0.15, 0.2) is 0 Å². The molecule has 1 aliphatic heterocycles. The Bertz CT molecular complexity index is 179. The maximum Gasteiger partial charge on any atom is 0.347 e. The van der Waals surface area contributed by atoms with Crippen LogP contribution in [0.2, 0.25) is 0 Å². The Morgan fingerprint density at radius 3 is 3.00 bits per heavy atom. The first-order valence-corrected chi connectivity index (χ1v) is 3.69. The summed E-state index contributed by atoms with van der Waals surface area (Å²) in [6.45, 7) is 0.319. The molecule has 4 nitrogen and oxygen atoms in total. The number of halogens is 1. The summed E-state index contributed by atoms with van der Waals surface area (Å²) in [4.78, 5) is 21.2. The predicted octanol–water partition coefficient (Wildman–Crippen LogP) is 0.0839. The van der Waals surface area contributed by atoms with E-state index in [1.54, 1.807) is 0 Å². The summed E-state index contributed by atoms with van der Waals surface area (Å²) in [6, 6.07) is 0. The highest BCUT2D eigenvalue weighted by atomic mass is 35.5. The molecule has 11 heavy (non-hydrogen) atoms. The average molecular weight is 179 g/mol. The molecular formula is C6H7ClO4. The lowest BCUT2D eigenvalue weighted by Gasteiger charge is -2.04. The Hall–Kier alpha value is -0.770. The third-order valence-corrected chi connectivity index (χ3v) is 1.49. The van der Waals surface area contributed by atoms with E-state index in [1.807, 2.05) is 0 Å². The van der Waals surface area contributed by atoms with Crippen LogP contribution in [0.25, 0.3) is 0 Å². The quantitative estimate of drug-likeness (QED) is 0.444. The van der Waals surface area contributed by atoms with Gasteiger partial charge in [0, 0.05) is 6.42 Å². The second kappa shape index (κ2) is 3.57. The van der Waals surface area contributed by atoms with E-state index in [0.717, 1.165) is 0 Å². The molecule has 62 valence electrons. The molecule has 0 N–H and O–H groups in total. The fourth-order valence-electron chi connectivity index (χ4n) is 0.775. The number of alkyl halides is 1. The number of rotatable bonds is 2. The Morgan fingerprint density at radius 1 is 1.82 bits per heavy atom. The van der Waals surface area contributed by atoms with E-state index >= 15 is 0 Å². The molecule has 0 aromatic carbocycles. The molecule has 1 atom stereocenters. The van der Waals surface area contributed by atoms with Gasteiger partial charge in [0.25, 0.3) is 0 Å². The number of hydrogen-bond acceptors (Lipinski definition) is 4. The number of esters is 2. The standard InChI is InChI=1S/C6H7ClO4/c7-3-5(8)11-4-1-2-10-6(4)9/h4H,1-3H2/t4-/m1/s1. The van der Waals surface area contributed by atoms with Crippen LogP contribution >= 0.6 is 11.6 Å². The highest BCUT2D eigenvalue weighted by molar-refractivity contribution is 6.26. The maximum atomic E-state index is 10.7. The van der Waals surface area contributed by atoms with Gasteiger partial charge in [0.15, 0.2) is 0 Å². The number of hydrogen-bond donors (Lipinski definition) is 0. The van der Waals surface area contributed by atoms with Gasteiger partial charge in [-0.2, -0.15) is 0 Å². The van der Waals surface area contributed by atoms with Crippen molar-refractivity contribution in [3.63, 3.8) is 0 Å². The zero-order chi connectivity index (χ0) is 8.27. The van der Waals surface area contributed by atoms with E-state index in [4.69, 9.17) is 11.6 Å². The Morgan fingerprint density at radius 2 is 2.55 bits per heavy atom. The fourth-order valence-corrected chi connectivity index (χ4v) is 0.838. The molecular weight excluding hydrogens is 172 g/mol. The molecule has 0 unspecified atom stereocenters. The van der Waals surface area contributed by atoms with Gasteiger partial charge in [-0.3, -0.25) is 4.79 Å². The third-order valence-electron chi connectivity index (χ3n) is 1.27. The highest BCUT2D eigenvalue weighted by Crippen LogP contribution is 2.10. The predicted molar refractivity (Wildman–Crippen MR) is 36.2 cm³/mol. The van der Waals surface area contributed by atoms with Crippen molar-refractivity contribution in [1.29, 1.82) is 0 Å². The summed E-state index contributed by atoms with van der Waals surface area (Å²) in [5.74, 6) is -1.30. The van der Waals surface area contributed by atoms with E-state index in [9.17, 15) is 9.59 Å². The number of cyclic esters (lactones) is 1. The van der Waals surface area contributed by atoms with Gasteiger partial charge in [-0.25, -0.2) is 4.79 Å². The monoisotopic (exact) mass is 178 g/mol. The zero-order valence-corrected chi connectivity index (χ0v) is 6.47. The largest absolute Gasteiger partial charge is 0.463 e. The first kappa shape index (κ1) is 8.33. The van der Waals surface area contributed by atoms with E-state index in [1.165, 1.54) is 0 Å². The SMILES string of the molecule is O=C(CCl)O[C@@H]1CCOC1=O. The Kier molecular flexibility index (Phi) is 2.70. The lowest BCUT2D eigenvalue weighted by Crippen LogP contribution is -2.23. The molecule has 0 aliphatic carbocycles. The average Bonchev–Trinajstić information content (AvgIpc) is 2.37. The Labute approximate surface area is 68.4 Å². The summed E-state index contributed by atoms with van der Waals surface area (Å²) < 4.78 is 9.18. The van der Waals surface area contributed by atoms with Crippen molar-refractivity contribution in [2.24, 2.45) is 0 Å². The zero-order valence-electron chi connectivity index (χ0n) is 5.71. The van der Waals surface area contributed by atoms with Crippen LogP contribution in [0.4, 0.5) is 0 Å². The Balaban J connectivity index is 2.36. The minimum absolute atomic E-state index is 0.232. The second-order valence-electron chi connectivity index (χ2n) is 2.07. The lowest BCUT2D eigenvalue weighted by molar-refractivity contribution is -0.158. The van der Waals surface area contributed by atoms with Crippen molar-refractivity contribution in [2.75, 3.05) is 12.5 Å². The minimum atomic E-state index is -0.735. The van der Waals surface area contributed by atoms with Gasteiger partial charge in [0.05, 0.1) is 6.61 Å². The maximum absolute atomic E-state index is 10.7. The van der Waals surface area contributed by atoms with Gasteiger partial charge in [0.2, 0.25) is 6.10 Å². The minimum Gasteiger partial charge on any atom is -0.463 e. The summed E-state index contributed by atoms with van der Waals surface area (Å²) in [6.07, 6.45) is -0.303. The summed E-state index contributed by atoms with van der Waals surface area (Å²) in [5, 5.41) is 0. The summed E-state index contributed by atoms with van der Waals surface area (Å²) in [5.41, 5.74) is 0. The first-order chi connectivity index (χ1) is 5.24. The molecule has 1 heterocycles. The number of carbonyl (C=O) groups is 2. The number of carbonyl (C=O) groups excluding carboxylic acids is 2. The van der Waals surface area contributed by atoms with Gasteiger partial charge in [-0.05, 0) is 0 Å². The van der Waals surface area contributed by atoms with Gasteiger partial charge >= 0.3 is 11.9 Å². The topological polar surface area (TPSA) is 52.6 Å². The molecule has 0 amide bonds. The van der Waals surface area contributed by atoms with Crippen LogP contribution in [0.3, 0.4) is 0 Å². The molecule has 1 rings (SSSR count). The van der Waals surface area contributed by atoms with Crippen LogP contribution in [0, 0.1) is 0 Å². The highest BCUT2D eigenvalue weighted by Gasteiger charge is 2.29. The van der Waals surface area contributed by atoms with Crippen LogP contribution in [-0.4, -0.2) is 30.5 Å². The van der Waals surface area contributed by atoms with Crippen molar-refractivity contribution in [1.82, 2.24) is 0 Å². The van der Waals surface area contributed by atoms with Crippen molar-refractivity contribution in [3.8, 4) is 0 Å².